The van der Waals surface area contributed by atoms with Crippen molar-refractivity contribution in [1.82, 2.24) is 5.32 Å². The van der Waals surface area contributed by atoms with E-state index < -0.39 is 20.0 Å². The van der Waals surface area contributed by atoms with Gasteiger partial charge in [0.2, 0.25) is 5.91 Å². The van der Waals surface area contributed by atoms with Gasteiger partial charge in [0.25, 0.3) is 0 Å². The summed E-state index contributed by atoms with van der Waals surface area (Å²) in [5.41, 5.74) is 5.31. The Hall–Kier alpha value is -0.500. The SMILES string of the molecule is CCCCCCCCCCCC[C@@H](O)[C@H](COP(=O)(O)OCCN)NC(=O)CCCCCCCCC. The van der Waals surface area contributed by atoms with Gasteiger partial charge in [-0.1, -0.05) is 117 Å². The van der Waals surface area contributed by atoms with Crippen LogP contribution < -0.4 is 11.1 Å². The Labute approximate surface area is 221 Å². The van der Waals surface area contributed by atoms with Gasteiger partial charge in [-0.25, -0.2) is 4.57 Å². The molecule has 0 aliphatic carbocycles. The van der Waals surface area contributed by atoms with Crippen LogP contribution in [0.4, 0.5) is 0 Å². The van der Waals surface area contributed by atoms with E-state index in [0.29, 0.717) is 12.8 Å². The fourth-order valence-corrected chi connectivity index (χ4v) is 4.95. The summed E-state index contributed by atoms with van der Waals surface area (Å²) in [7, 11) is -4.28. The first-order chi connectivity index (χ1) is 17.4. The number of hydrogen-bond acceptors (Lipinski definition) is 6. The van der Waals surface area contributed by atoms with Crippen LogP contribution in [0.15, 0.2) is 0 Å². The van der Waals surface area contributed by atoms with Crippen molar-refractivity contribution < 1.29 is 28.4 Å². The first-order valence-corrected chi connectivity index (χ1v) is 16.1. The van der Waals surface area contributed by atoms with E-state index in [1.807, 2.05) is 0 Å². The second kappa shape index (κ2) is 24.8. The Kier molecular flexibility index (Phi) is 24.5. The van der Waals surface area contributed by atoms with Gasteiger partial charge in [0.15, 0.2) is 0 Å². The number of aliphatic hydroxyl groups is 1. The molecule has 0 fully saturated rings. The fraction of sp³-hybridized carbons (Fsp3) is 0.963. The molecule has 3 atom stereocenters. The molecule has 0 saturated carbocycles. The van der Waals surface area contributed by atoms with Crippen LogP contribution >= 0.6 is 7.82 Å². The molecule has 8 nitrogen and oxygen atoms in total. The van der Waals surface area contributed by atoms with Gasteiger partial charge < -0.3 is 21.1 Å². The highest BCUT2D eigenvalue weighted by Crippen LogP contribution is 2.43. The second-order valence-electron chi connectivity index (χ2n) is 9.97. The van der Waals surface area contributed by atoms with Crippen LogP contribution in [0.1, 0.15) is 136 Å². The second-order valence-corrected chi connectivity index (χ2v) is 11.4. The molecule has 0 radical (unpaired) electrons. The lowest BCUT2D eigenvalue weighted by atomic mass is 10.0. The average Bonchev–Trinajstić information content (AvgIpc) is 2.85. The third kappa shape index (κ3) is 22.7. The van der Waals surface area contributed by atoms with E-state index in [1.54, 1.807) is 0 Å². The summed E-state index contributed by atoms with van der Waals surface area (Å²) in [6.45, 7) is 4.11. The molecule has 0 aliphatic rings. The zero-order chi connectivity index (χ0) is 26.9. The number of aliphatic hydroxyl groups excluding tert-OH is 1. The Balaban J connectivity index is 4.40. The zero-order valence-corrected chi connectivity index (χ0v) is 24.2. The third-order valence-electron chi connectivity index (χ3n) is 6.46. The number of rotatable bonds is 27. The first-order valence-electron chi connectivity index (χ1n) is 14.7. The van der Waals surface area contributed by atoms with Gasteiger partial charge in [0.05, 0.1) is 25.4 Å². The Bertz CT molecular complexity index is 552. The quantitative estimate of drug-likeness (QED) is 0.0708. The molecule has 0 aliphatic heterocycles. The number of phosphoric acid groups is 1. The molecule has 9 heteroatoms. The molecule has 0 heterocycles. The molecule has 0 saturated heterocycles. The molecule has 0 aromatic heterocycles. The minimum Gasteiger partial charge on any atom is -0.391 e. The number of carbonyl (C=O) groups is 1. The van der Waals surface area contributed by atoms with Crippen LogP contribution in [0.2, 0.25) is 0 Å². The monoisotopic (exact) mass is 536 g/mol. The zero-order valence-electron chi connectivity index (χ0n) is 23.3. The predicted octanol–water partition coefficient (Wildman–Crippen LogP) is 6.38. The Morgan fingerprint density at radius 3 is 1.78 bits per heavy atom. The van der Waals surface area contributed by atoms with Crippen molar-refractivity contribution >= 4 is 13.7 Å². The minimum absolute atomic E-state index is 0.0912. The number of hydrogen-bond donors (Lipinski definition) is 4. The first kappa shape index (κ1) is 35.5. The van der Waals surface area contributed by atoms with Gasteiger partial charge >= 0.3 is 7.82 Å². The Morgan fingerprint density at radius 1 is 0.806 bits per heavy atom. The average molecular weight is 537 g/mol. The van der Waals surface area contributed by atoms with Crippen molar-refractivity contribution in [2.24, 2.45) is 5.73 Å². The van der Waals surface area contributed by atoms with Crippen LogP contribution in [0.3, 0.4) is 0 Å². The van der Waals surface area contributed by atoms with Crippen LogP contribution in [0.5, 0.6) is 0 Å². The van der Waals surface area contributed by atoms with Crippen molar-refractivity contribution in [1.29, 1.82) is 0 Å². The highest BCUT2D eigenvalue weighted by atomic mass is 31.2. The molecule has 0 rings (SSSR count). The van der Waals surface area contributed by atoms with E-state index in [9.17, 15) is 19.4 Å². The maximum absolute atomic E-state index is 12.5. The van der Waals surface area contributed by atoms with Crippen LogP contribution in [0.25, 0.3) is 0 Å². The van der Waals surface area contributed by atoms with E-state index in [-0.39, 0.29) is 25.7 Å². The molecular weight excluding hydrogens is 479 g/mol. The summed E-state index contributed by atoms with van der Waals surface area (Å²) >= 11 is 0. The van der Waals surface area contributed by atoms with Crippen LogP contribution in [0, 0.1) is 0 Å². The number of unbranched alkanes of at least 4 members (excludes halogenated alkanes) is 15. The van der Waals surface area contributed by atoms with Crippen molar-refractivity contribution in [2.45, 2.75) is 148 Å². The lowest BCUT2D eigenvalue weighted by Gasteiger charge is -2.25. The van der Waals surface area contributed by atoms with Crippen LogP contribution in [-0.2, 0) is 18.4 Å². The summed E-state index contributed by atoms with van der Waals surface area (Å²) < 4.78 is 21.8. The Morgan fingerprint density at radius 2 is 1.28 bits per heavy atom. The maximum atomic E-state index is 12.5. The van der Waals surface area contributed by atoms with Gasteiger partial charge in [-0.2, -0.15) is 0 Å². The van der Waals surface area contributed by atoms with Gasteiger partial charge in [-0.15, -0.1) is 0 Å². The lowest BCUT2D eigenvalue weighted by Crippen LogP contribution is -2.46. The highest BCUT2D eigenvalue weighted by molar-refractivity contribution is 7.47. The normalized spacial score (nSPS) is 14.9. The molecule has 1 amide bonds. The summed E-state index contributed by atoms with van der Waals surface area (Å²) in [6.07, 6.45) is 19.8. The number of carbonyl (C=O) groups excluding carboxylic acids is 1. The number of amides is 1. The maximum Gasteiger partial charge on any atom is 0.472 e. The minimum atomic E-state index is -4.28. The van der Waals surface area contributed by atoms with E-state index in [0.717, 1.165) is 38.5 Å². The van der Waals surface area contributed by atoms with E-state index in [1.165, 1.54) is 70.6 Å². The molecule has 36 heavy (non-hydrogen) atoms. The van der Waals surface area contributed by atoms with Crippen molar-refractivity contribution in [3.63, 3.8) is 0 Å². The van der Waals surface area contributed by atoms with Crippen molar-refractivity contribution in [3.8, 4) is 0 Å². The van der Waals surface area contributed by atoms with Crippen LogP contribution in [-0.4, -0.2) is 47.8 Å². The molecule has 0 bridgehead atoms. The van der Waals surface area contributed by atoms with Gasteiger partial charge in [-0.3, -0.25) is 13.8 Å². The van der Waals surface area contributed by atoms with Crippen molar-refractivity contribution in [3.05, 3.63) is 0 Å². The third-order valence-corrected chi connectivity index (χ3v) is 7.45. The number of nitrogens with one attached hydrogen (secondary N) is 1. The molecule has 0 aromatic rings. The fourth-order valence-electron chi connectivity index (χ4n) is 4.19. The molecule has 216 valence electrons. The summed E-state index contributed by atoms with van der Waals surface area (Å²) in [6, 6.07) is -0.762. The molecule has 1 unspecified atom stereocenters. The number of nitrogens with two attached hydrogens (primary N) is 1. The van der Waals surface area contributed by atoms with Gasteiger partial charge in [0.1, 0.15) is 0 Å². The number of phosphoric ester groups is 1. The molecular formula is C27H57N2O6P. The van der Waals surface area contributed by atoms with Gasteiger partial charge in [-0.05, 0) is 12.8 Å². The highest BCUT2D eigenvalue weighted by Gasteiger charge is 2.27. The summed E-state index contributed by atoms with van der Waals surface area (Å²) in [5.74, 6) is -0.171. The largest absolute Gasteiger partial charge is 0.472 e. The predicted molar refractivity (Wildman–Crippen MR) is 148 cm³/mol. The molecule has 0 spiro atoms. The molecule has 0 aromatic carbocycles. The smallest absolute Gasteiger partial charge is 0.391 e. The van der Waals surface area contributed by atoms with E-state index in [2.05, 4.69) is 19.2 Å². The molecule has 5 N–H and O–H groups in total. The summed E-state index contributed by atoms with van der Waals surface area (Å²) in [5, 5.41) is 13.5. The van der Waals surface area contributed by atoms with E-state index in [4.69, 9.17) is 14.8 Å². The van der Waals surface area contributed by atoms with Crippen molar-refractivity contribution in [2.75, 3.05) is 19.8 Å². The standard InChI is InChI=1S/C27H57N2O6P/c1-3-5-7-9-11-12-13-15-16-18-20-26(30)25(24-35-36(32,33)34-23-22-28)29-27(31)21-19-17-14-10-8-6-4-2/h25-26,30H,3-24,28H2,1-2H3,(H,29,31)(H,32,33)/t25-,26+/m0/s1. The lowest BCUT2D eigenvalue weighted by molar-refractivity contribution is -0.123. The topological polar surface area (TPSA) is 131 Å². The van der Waals surface area contributed by atoms with Gasteiger partial charge in [0, 0.05) is 13.0 Å². The summed E-state index contributed by atoms with van der Waals surface area (Å²) in [4.78, 5) is 22.3. The van der Waals surface area contributed by atoms with E-state index >= 15 is 0 Å².